The molecule has 2 aromatic heterocycles. The van der Waals surface area contributed by atoms with Gasteiger partial charge in [0.05, 0.1) is 24.7 Å². The number of carbonyl (C=O) groups excluding carboxylic acids is 1. The lowest BCUT2D eigenvalue weighted by Crippen LogP contribution is -2.24. The fraction of sp³-hybridized carbons (Fsp3) is 0.120. The number of methoxy groups -OCH3 is 1. The second-order valence-corrected chi connectivity index (χ2v) is 8.31. The maximum absolute atomic E-state index is 13.5. The number of halogens is 1. The summed E-state index contributed by atoms with van der Waals surface area (Å²) >= 11 is 6.15. The summed E-state index contributed by atoms with van der Waals surface area (Å²) in [6.45, 7) is 2.25. The number of aromatic nitrogens is 4. The zero-order valence-electron chi connectivity index (χ0n) is 18.4. The van der Waals surface area contributed by atoms with Gasteiger partial charge in [0.15, 0.2) is 0 Å². The van der Waals surface area contributed by atoms with Gasteiger partial charge in [0.25, 0.3) is 11.5 Å². The lowest BCUT2D eigenvalue weighted by Gasteiger charge is -2.12. The average molecular weight is 474 g/mol. The average Bonchev–Trinajstić information content (AvgIpc) is 3.28. The summed E-state index contributed by atoms with van der Waals surface area (Å²) in [6.07, 6.45) is 0. The lowest BCUT2D eigenvalue weighted by molar-refractivity contribution is 0.101. The zero-order chi connectivity index (χ0) is 23.8. The predicted molar refractivity (Wildman–Crippen MR) is 131 cm³/mol. The van der Waals surface area contributed by atoms with Crippen LogP contribution in [0.25, 0.3) is 16.7 Å². The van der Waals surface area contributed by atoms with E-state index < -0.39 is 5.91 Å². The first-order chi connectivity index (χ1) is 16.4. The van der Waals surface area contributed by atoms with Gasteiger partial charge in [-0.05, 0) is 54.4 Å². The van der Waals surface area contributed by atoms with Crippen molar-refractivity contribution < 1.29 is 9.53 Å². The summed E-state index contributed by atoms with van der Waals surface area (Å²) in [6, 6.07) is 20.0. The summed E-state index contributed by atoms with van der Waals surface area (Å²) in [5.74, 6) is -0.0358. The normalized spacial score (nSPS) is 11.1. The number of aryl methyl sites for hydroxylation is 1. The third kappa shape index (κ3) is 3.99. The standard InChI is InChI=1S/C25H20ClN5O3/c1-15-9-10-20-21(11-15)30(14-16-5-3-6-17(26)12-16)25(33)23-28-22(29-31(20)23)24(32)27-18-7-4-8-19(13-18)34-2/h3-13H,14H2,1-2H3,(H,27,32). The summed E-state index contributed by atoms with van der Waals surface area (Å²) in [5, 5.41) is 7.70. The number of nitrogens with zero attached hydrogens (tertiary/aromatic N) is 4. The molecule has 5 rings (SSSR count). The van der Waals surface area contributed by atoms with Crippen LogP contribution in [0.4, 0.5) is 5.69 Å². The van der Waals surface area contributed by atoms with Crippen LogP contribution in [0, 0.1) is 6.92 Å². The smallest absolute Gasteiger partial charge is 0.296 e. The molecule has 3 aromatic carbocycles. The Hall–Kier alpha value is -4.17. The number of nitrogens with one attached hydrogen (secondary N) is 1. The van der Waals surface area contributed by atoms with Crippen LogP contribution in [0.5, 0.6) is 5.75 Å². The fourth-order valence-electron chi connectivity index (χ4n) is 3.84. The molecule has 170 valence electrons. The van der Waals surface area contributed by atoms with Crippen molar-refractivity contribution >= 4 is 39.9 Å². The Balaban J connectivity index is 1.62. The molecule has 0 aliphatic heterocycles. The molecule has 0 fully saturated rings. The van der Waals surface area contributed by atoms with E-state index in [1.807, 2.05) is 43.3 Å². The maximum Gasteiger partial charge on any atom is 0.296 e. The van der Waals surface area contributed by atoms with Gasteiger partial charge in [-0.15, -0.1) is 5.10 Å². The molecular weight excluding hydrogens is 454 g/mol. The van der Waals surface area contributed by atoms with E-state index in [1.54, 1.807) is 42.0 Å². The Morgan fingerprint density at radius 3 is 2.68 bits per heavy atom. The first-order valence-electron chi connectivity index (χ1n) is 10.5. The van der Waals surface area contributed by atoms with E-state index in [0.717, 1.165) is 11.1 Å². The maximum atomic E-state index is 13.5. The second kappa shape index (κ2) is 8.64. The predicted octanol–water partition coefficient (Wildman–Crippen LogP) is 4.32. The van der Waals surface area contributed by atoms with Gasteiger partial charge in [-0.1, -0.05) is 35.9 Å². The molecule has 0 saturated heterocycles. The van der Waals surface area contributed by atoms with E-state index in [0.29, 0.717) is 34.0 Å². The Kier molecular flexibility index (Phi) is 5.51. The van der Waals surface area contributed by atoms with Crippen molar-refractivity contribution in [1.29, 1.82) is 0 Å². The molecule has 0 radical (unpaired) electrons. The van der Waals surface area contributed by atoms with E-state index in [1.165, 1.54) is 4.52 Å². The highest BCUT2D eigenvalue weighted by molar-refractivity contribution is 6.30. The Morgan fingerprint density at radius 1 is 1.06 bits per heavy atom. The first-order valence-corrected chi connectivity index (χ1v) is 10.9. The van der Waals surface area contributed by atoms with Gasteiger partial charge in [-0.3, -0.25) is 14.2 Å². The number of ether oxygens (including phenoxy) is 1. The van der Waals surface area contributed by atoms with Crippen LogP contribution in [0.2, 0.25) is 5.02 Å². The van der Waals surface area contributed by atoms with Crippen molar-refractivity contribution in [2.45, 2.75) is 13.5 Å². The van der Waals surface area contributed by atoms with Gasteiger partial charge in [0.2, 0.25) is 11.5 Å². The minimum Gasteiger partial charge on any atom is -0.497 e. The van der Waals surface area contributed by atoms with Crippen LogP contribution in [0.15, 0.2) is 71.5 Å². The molecule has 0 spiro atoms. The third-order valence-corrected chi connectivity index (χ3v) is 5.69. The summed E-state index contributed by atoms with van der Waals surface area (Å²) in [5.41, 5.74) is 3.44. The number of fused-ring (bicyclic) bond motifs is 3. The Bertz CT molecular complexity index is 1620. The fourth-order valence-corrected chi connectivity index (χ4v) is 4.05. The van der Waals surface area contributed by atoms with E-state index in [-0.39, 0.29) is 17.0 Å². The quantitative estimate of drug-likeness (QED) is 0.410. The van der Waals surface area contributed by atoms with Crippen LogP contribution in [0.1, 0.15) is 21.7 Å². The number of hydrogen-bond donors (Lipinski definition) is 1. The molecule has 0 aliphatic rings. The Labute approximate surface area is 199 Å². The molecule has 8 nitrogen and oxygen atoms in total. The van der Waals surface area contributed by atoms with E-state index in [9.17, 15) is 9.59 Å². The van der Waals surface area contributed by atoms with E-state index in [4.69, 9.17) is 16.3 Å². The van der Waals surface area contributed by atoms with E-state index >= 15 is 0 Å². The largest absolute Gasteiger partial charge is 0.497 e. The number of amides is 1. The van der Waals surface area contributed by atoms with Crippen LogP contribution in [-0.4, -0.2) is 32.2 Å². The summed E-state index contributed by atoms with van der Waals surface area (Å²) in [7, 11) is 1.55. The lowest BCUT2D eigenvalue weighted by atomic mass is 10.2. The minimum atomic E-state index is -0.530. The van der Waals surface area contributed by atoms with Crippen molar-refractivity contribution in [2.75, 3.05) is 12.4 Å². The van der Waals surface area contributed by atoms with Crippen molar-refractivity contribution in [3.8, 4) is 5.75 Å². The highest BCUT2D eigenvalue weighted by atomic mass is 35.5. The Morgan fingerprint density at radius 2 is 1.88 bits per heavy atom. The van der Waals surface area contributed by atoms with Crippen molar-refractivity contribution in [3.63, 3.8) is 0 Å². The summed E-state index contributed by atoms with van der Waals surface area (Å²) < 4.78 is 8.24. The van der Waals surface area contributed by atoms with Crippen molar-refractivity contribution in [2.24, 2.45) is 0 Å². The van der Waals surface area contributed by atoms with Crippen LogP contribution in [-0.2, 0) is 6.54 Å². The highest BCUT2D eigenvalue weighted by Gasteiger charge is 2.20. The molecule has 34 heavy (non-hydrogen) atoms. The second-order valence-electron chi connectivity index (χ2n) is 7.87. The van der Waals surface area contributed by atoms with Gasteiger partial charge in [-0.25, -0.2) is 4.52 Å². The van der Waals surface area contributed by atoms with E-state index in [2.05, 4.69) is 15.4 Å². The molecule has 0 atom stereocenters. The van der Waals surface area contributed by atoms with Gasteiger partial charge in [0.1, 0.15) is 5.75 Å². The number of hydrogen-bond acceptors (Lipinski definition) is 5. The number of benzene rings is 3. The molecular formula is C25H20ClN5O3. The molecule has 1 N–H and O–H groups in total. The summed E-state index contributed by atoms with van der Waals surface area (Å²) in [4.78, 5) is 30.7. The van der Waals surface area contributed by atoms with Crippen LogP contribution in [0.3, 0.4) is 0 Å². The number of anilines is 1. The van der Waals surface area contributed by atoms with Gasteiger partial charge < -0.3 is 10.1 Å². The molecule has 5 aromatic rings. The first kappa shape index (κ1) is 21.7. The number of carbonyl (C=O) groups is 1. The SMILES string of the molecule is COc1cccc(NC(=O)c2nc3c(=O)n(Cc4cccc(Cl)c4)c4cc(C)ccc4n3n2)c1. The van der Waals surface area contributed by atoms with Crippen LogP contribution < -0.4 is 15.6 Å². The molecule has 9 heteroatoms. The van der Waals surface area contributed by atoms with Crippen LogP contribution >= 0.6 is 11.6 Å². The zero-order valence-corrected chi connectivity index (χ0v) is 19.2. The third-order valence-electron chi connectivity index (χ3n) is 5.45. The molecule has 0 aliphatic carbocycles. The molecule has 1 amide bonds. The van der Waals surface area contributed by atoms with Crippen molar-refractivity contribution in [3.05, 3.63) is 99.1 Å². The molecule has 0 bridgehead atoms. The van der Waals surface area contributed by atoms with Gasteiger partial charge in [0, 0.05) is 16.8 Å². The highest BCUT2D eigenvalue weighted by Crippen LogP contribution is 2.20. The van der Waals surface area contributed by atoms with Crippen molar-refractivity contribution in [1.82, 2.24) is 19.2 Å². The molecule has 0 unspecified atom stereocenters. The van der Waals surface area contributed by atoms with Gasteiger partial charge in [-0.2, -0.15) is 4.98 Å². The topological polar surface area (TPSA) is 90.5 Å². The number of rotatable bonds is 5. The minimum absolute atomic E-state index is 0.0640. The molecule has 2 heterocycles. The van der Waals surface area contributed by atoms with Gasteiger partial charge >= 0.3 is 0 Å². The molecule has 0 saturated carbocycles. The monoisotopic (exact) mass is 473 g/mol.